The Hall–Kier alpha value is -4.19. The van der Waals surface area contributed by atoms with Crippen LogP contribution in [0, 0.1) is 0 Å². The molecule has 0 unspecified atom stereocenters. The Balaban J connectivity index is 0.000000569. The second-order valence-corrected chi connectivity index (χ2v) is 6.86. The van der Waals surface area contributed by atoms with E-state index in [9.17, 15) is 4.79 Å². The van der Waals surface area contributed by atoms with Gasteiger partial charge in [0, 0.05) is 30.7 Å². The van der Waals surface area contributed by atoms with Gasteiger partial charge in [0.05, 0.1) is 7.11 Å². The van der Waals surface area contributed by atoms with Crippen LogP contribution in [-0.2, 0) is 9.59 Å². The Morgan fingerprint density at radius 3 is 2.18 bits per heavy atom. The molecule has 1 amide bonds. The Morgan fingerprint density at radius 1 is 1.03 bits per heavy atom. The molecule has 2 heterocycles. The second kappa shape index (κ2) is 12.0. The third kappa shape index (κ3) is 6.90. The highest BCUT2D eigenvalue weighted by molar-refractivity contribution is 7.98. The molecule has 0 bridgehead atoms. The third-order valence-corrected chi connectivity index (χ3v) is 4.67. The summed E-state index contributed by atoms with van der Waals surface area (Å²) in [6, 6.07) is 10.8. The zero-order chi connectivity index (χ0) is 24.4. The van der Waals surface area contributed by atoms with Crippen LogP contribution in [0.3, 0.4) is 0 Å². The number of nitrogens with zero attached hydrogens (tertiary/aromatic N) is 3. The smallest absolute Gasteiger partial charge is 0.414 e. The average Bonchev–Trinajstić information content (AvgIpc) is 2.84. The van der Waals surface area contributed by atoms with Gasteiger partial charge in [-0.3, -0.25) is 9.78 Å². The number of amides is 1. The minimum absolute atomic E-state index is 0.286. The Kier molecular flexibility index (Phi) is 9.12. The molecule has 0 aliphatic rings. The van der Waals surface area contributed by atoms with Crippen molar-refractivity contribution in [1.82, 2.24) is 15.0 Å². The van der Waals surface area contributed by atoms with Crippen LogP contribution in [0.15, 0.2) is 53.8 Å². The summed E-state index contributed by atoms with van der Waals surface area (Å²) >= 11 is 1.39. The molecular formula is C21H21N5O6S. The van der Waals surface area contributed by atoms with E-state index in [4.69, 9.17) is 24.5 Å². The summed E-state index contributed by atoms with van der Waals surface area (Å²) in [7, 11) is 3.32. The van der Waals surface area contributed by atoms with Crippen LogP contribution in [0.4, 0.5) is 11.5 Å². The number of thioether (sulfide) groups is 1. The van der Waals surface area contributed by atoms with Gasteiger partial charge in [0.1, 0.15) is 22.2 Å². The number of rotatable bonds is 6. The molecule has 1 aromatic carbocycles. The van der Waals surface area contributed by atoms with E-state index in [1.54, 1.807) is 50.8 Å². The zero-order valence-electron chi connectivity index (χ0n) is 17.9. The summed E-state index contributed by atoms with van der Waals surface area (Å²) in [5, 5.41) is 21.2. The number of carbonyl (C=O) groups is 3. The average molecular weight is 471 g/mol. The normalized spacial score (nSPS) is 9.79. The van der Waals surface area contributed by atoms with Gasteiger partial charge in [-0.15, -0.1) is 11.8 Å². The van der Waals surface area contributed by atoms with Gasteiger partial charge >= 0.3 is 11.9 Å². The Labute approximate surface area is 193 Å². The van der Waals surface area contributed by atoms with Crippen molar-refractivity contribution in [2.45, 2.75) is 5.03 Å². The van der Waals surface area contributed by atoms with Gasteiger partial charge in [0.2, 0.25) is 0 Å². The first-order chi connectivity index (χ1) is 15.8. The fourth-order valence-corrected chi connectivity index (χ4v) is 3.04. The largest absolute Gasteiger partial charge is 0.497 e. The number of hydrogen-bond acceptors (Lipinski definition) is 9. The molecule has 0 spiro atoms. The van der Waals surface area contributed by atoms with Gasteiger partial charge in [-0.25, -0.2) is 19.6 Å². The number of aromatic nitrogens is 3. The number of benzene rings is 1. The maximum atomic E-state index is 12.9. The van der Waals surface area contributed by atoms with Gasteiger partial charge in [0.15, 0.2) is 5.82 Å². The van der Waals surface area contributed by atoms with Crippen molar-refractivity contribution in [2.24, 2.45) is 0 Å². The standard InChI is InChI=1S/C19H19N5O2S.C2H2O4/c1-20-17-15(18(25)22-13-6-8-14(26-2)9-7-13)19(27-3)24-16(23-17)12-5-4-10-21-11-12;3-1(4)2(5)6/h4-11H,1-3H3,(H,22,25)(H,20,23,24);(H,3,4)(H,5,6). The summed E-state index contributed by atoms with van der Waals surface area (Å²) in [6.45, 7) is 0. The summed E-state index contributed by atoms with van der Waals surface area (Å²) in [4.78, 5) is 44.2. The number of anilines is 2. The number of ether oxygens (including phenoxy) is 1. The molecule has 172 valence electrons. The lowest BCUT2D eigenvalue weighted by Crippen LogP contribution is -2.17. The molecule has 0 aliphatic heterocycles. The lowest BCUT2D eigenvalue weighted by molar-refractivity contribution is -0.159. The number of aliphatic carboxylic acids is 2. The number of pyridine rings is 1. The highest BCUT2D eigenvalue weighted by atomic mass is 32.2. The van der Waals surface area contributed by atoms with Crippen molar-refractivity contribution in [1.29, 1.82) is 0 Å². The van der Waals surface area contributed by atoms with E-state index < -0.39 is 11.9 Å². The molecule has 11 nitrogen and oxygen atoms in total. The summed E-state index contributed by atoms with van der Waals surface area (Å²) in [5.74, 6) is -2.24. The van der Waals surface area contributed by atoms with E-state index in [0.29, 0.717) is 27.9 Å². The van der Waals surface area contributed by atoms with E-state index in [1.807, 2.05) is 18.4 Å². The van der Waals surface area contributed by atoms with E-state index in [0.717, 1.165) is 11.3 Å². The van der Waals surface area contributed by atoms with E-state index in [1.165, 1.54) is 11.8 Å². The van der Waals surface area contributed by atoms with Gasteiger partial charge in [0.25, 0.3) is 5.91 Å². The predicted molar refractivity (Wildman–Crippen MR) is 123 cm³/mol. The van der Waals surface area contributed by atoms with Crippen molar-refractivity contribution in [3.63, 3.8) is 0 Å². The maximum absolute atomic E-state index is 12.9. The topological polar surface area (TPSA) is 164 Å². The van der Waals surface area contributed by atoms with Gasteiger partial charge in [-0.05, 0) is 42.7 Å². The van der Waals surface area contributed by atoms with Crippen molar-refractivity contribution in [3.05, 3.63) is 54.4 Å². The molecule has 3 rings (SSSR count). The van der Waals surface area contributed by atoms with Crippen LogP contribution in [0.2, 0.25) is 0 Å². The van der Waals surface area contributed by atoms with E-state index >= 15 is 0 Å². The minimum Gasteiger partial charge on any atom is -0.497 e. The van der Waals surface area contributed by atoms with Crippen molar-refractivity contribution < 1.29 is 29.3 Å². The fraction of sp³-hybridized carbons (Fsp3) is 0.143. The molecule has 0 saturated carbocycles. The summed E-state index contributed by atoms with van der Waals surface area (Å²) < 4.78 is 5.14. The van der Waals surface area contributed by atoms with Gasteiger partial charge in [-0.1, -0.05) is 0 Å². The number of carboxylic acid groups (broad SMARTS) is 2. The number of hydrogen-bond donors (Lipinski definition) is 4. The van der Waals surface area contributed by atoms with Crippen LogP contribution < -0.4 is 15.4 Å². The molecule has 0 aliphatic carbocycles. The molecule has 0 atom stereocenters. The number of methoxy groups -OCH3 is 1. The van der Waals surface area contributed by atoms with Crippen LogP contribution in [0.1, 0.15) is 10.4 Å². The molecule has 12 heteroatoms. The van der Waals surface area contributed by atoms with Gasteiger partial charge < -0.3 is 25.6 Å². The second-order valence-electron chi connectivity index (χ2n) is 6.06. The fourth-order valence-electron chi connectivity index (χ4n) is 2.47. The molecule has 0 saturated heterocycles. The first-order valence-electron chi connectivity index (χ1n) is 9.26. The molecule has 2 aromatic heterocycles. The van der Waals surface area contributed by atoms with Crippen LogP contribution >= 0.6 is 11.8 Å². The first-order valence-corrected chi connectivity index (χ1v) is 10.5. The zero-order valence-corrected chi connectivity index (χ0v) is 18.7. The number of carboxylic acids is 2. The third-order valence-electron chi connectivity index (χ3n) is 3.98. The monoisotopic (exact) mass is 471 g/mol. The van der Waals surface area contributed by atoms with Crippen molar-refractivity contribution in [2.75, 3.05) is 31.0 Å². The molecule has 0 radical (unpaired) electrons. The molecule has 0 fully saturated rings. The van der Waals surface area contributed by atoms with E-state index in [2.05, 4.69) is 25.6 Å². The highest BCUT2D eigenvalue weighted by Crippen LogP contribution is 2.28. The van der Waals surface area contributed by atoms with Crippen LogP contribution in [0.5, 0.6) is 5.75 Å². The molecule has 33 heavy (non-hydrogen) atoms. The Bertz CT molecular complexity index is 1090. The lowest BCUT2D eigenvalue weighted by Gasteiger charge is -2.14. The SMILES string of the molecule is CNc1nc(-c2cccnc2)nc(SC)c1C(=O)Nc1ccc(OC)cc1.O=C(O)C(=O)O. The number of carbonyl (C=O) groups excluding carboxylic acids is 1. The predicted octanol–water partition coefficient (Wildman–Crippen LogP) is 2.72. The minimum atomic E-state index is -1.82. The summed E-state index contributed by atoms with van der Waals surface area (Å²) in [5.41, 5.74) is 1.84. The summed E-state index contributed by atoms with van der Waals surface area (Å²) in [6.07, 6.45) is 5.25. The Morgan fingerprint density at radius 2 is 1.70 bits per heavy atom. The molecule has 4 N–H and O–H groups in total. The maximum Gasteiger partial charge on any atom is 0.414 e. The number of nitrogens with one attached hydrogen (secondary N) is 2. The van der Waals surface area contributed by atoms with Crippen LogP contribution in [0.25, 0.3) is 11.4 Å². The van der Waals surface area contributed by atoms with Gasteiger partial charge in [-0.2, -0.15) is 0 Å². The van der Waals surface area contributed by atoms with Crippen LogP contribution in [-0.4, -0.2) is 63.4 Å². The van der Waals surface area contributed by atoms with Crippen molar-refractivity contribution in [3.8, 4) is 17.1 Å². The molecular weight excluding hydrogens is 450 g/mol. The molecule has 3 aromatic rings. The lowest BCUT2D eigenvalue weighted by atomic mass is 10.2. The first kappa shape index (κ1) is 25.1. The van der Waals surface area contributed by atoms with E-state index in [-0.39, 0.29) is 5.91 Å². The highest BCUT2D eigenvalue weighted by Gasteiger charge is 2.21. The quantitative estimate of drug-likeness (QED) is 0.237. The van der Waals surface area contributed by atoms with Crippen molar-refractivity contribution >= 4 is 41.1 Å².